The van der Waals surface area contributed by atoms with Gasteiger partial charge in [0.25, 0.3) is 0 Å². The van der Waals surface area contributed by atoms with Crippen LogP contribution in [0.1, 0.15) is 25.3 Å². The quantitative estimate of drug-likeness (QED) is 0.792. The number of hydrogen-bond acceptors (Lipinski definition) is 2. The molecule has 0 saturated carbocycles. The molecule has 2 N–H and O–H groups in total. The molecule has 1 atom stereocenters. The summed E-state index contributed by atoms with van der Waals surface area (Å²) in [7, 11) is 0. The Morgan fingerprint density at radius 2 is 2.20 bits per heavy atom. The fourth-order valence-electron chi connectivity index (χ4n) is 2.19. The third-order valence-electron chi connectivity index (χ3n) is 3.20. The fraction of sp³-hybridized carbons (Fsp3) is 0.500. The fourth-order valence-corrected chi connectivity index (χ4v) is 2.78. The van der Waals surface area contributed by atoms with Crippen molar-refractivity contribution in [2.24, 2.45) is 0 Å². The van der Waals surface area contributed by atoms with Crippen molar-refractivity contribution in [3.63, 3.8) is 0 Å². The highest BCUT2D eigenvalue weighted by atomic mass is 79.9. The molecule has 0 aliphatic carbocycles. The molecule has 1 aromatic rings. The van der Waals surface area contributed by atoms with Gasteiger partial charge in [0.2, 0.25) is 0 Å². The first kappa shape index (κ1) is 10.8. The lowest BCUT2D eigenvalue weighted by molar-refractivity contribution is 0.734. The third kappa shape index (κ3) is 1.98. The lowest BCUT2D eigenvalue weighted by Gasteiger charge is -2.25. The second-order valence-corrected chi connectivity index (χ2v) is 5.20. The van der Waals surface area contributed by atoms with E-state index in [9.17, 15) is 0 Å². The van der Waals surface area contributed by atoms with Crippen LogP contribution in [-0.4, -0.2) is 12.6 Å². The predicted octanol–water partition coefficient (Wildman–Crippen LogP) is 3.33. The number of hydrogen-bond donors (Lipinski definition) is 1. The Kier molecular flexibility index (Phi) is 2.91. The molecule has 2 rings (SSSR count). The third-order valence-corrected chi connectivity index (χ3v) is 3.83. The highest BCUT2D eigenvalue weighted by Crippen LogP contribution is 2.34. The van der Waals surface area contributed by atoms with E-state index in [-0.39, 0.29) is 0 Å². The molecule has 1 aromatic carbocycles. The largest absolute Gasteiger partial charge is 0.398 e. The Balaban J connectivity index is 2.39. The molecule has 1 fully saturated rings. The summed E-state index contributed by atoms with van der Waals surface area (Å²) in [5.74, 6) is 0. The zero-order valence-corrected chi connectivity index (χ0v) is 10.8. The van der Waals surface area contributed by atoms with Gasteiger partial charge in [0.1, 0.15) is 0 Å². The Labute approximate surface area is 99.6 Å². The van der Waals surface area contributed by atoms with Gasteiger partial charge in [0.05, 0.1) is 5.69 Å². The topological polar surface area (TPSA) is 29.3 Å². The number of anilines is 2. The number of aryl methyl sites for hydroxylation is 1. The Hall–Kier alpha value is -0.700. The smallest absolute Gasteiger partial charge is 0.0517 e. The lowest BCUT2D eigenvalue weighted by atomic mass is 10.1. The minimum Gasteiger partial charge on any atom is -0.398 e. The Morgan fingerprint density at radius 1 is 1.47 bits per heavy atom. The average Bonchev–Trinajstić information content (AvgIpc) is 2.58. The molecule has 82 valence electrons. The first-order chi connectivity index (χ1) is 7.09. The molecule has 0 amide bonds. The van der Waals surface area contributed by atoms with Crippen LogP contribution in [0.2, 0.25) is 0 Å². The SMILES string of the molecule is Cc1cc(N2CCCC2C)c(Br)cc1N. The van der Waals surface area contributed by atoms with Gasteiger partial charge in [-0.3, -0.25) is 0 Å². The van der Waals surface area contributed by atoms with Gasteiger partial charge in [-0.05, 0) is 60.3 Å². The number of nitrogens with zero attached hydrogens (tertiary/aromatic N) is 1. The second-order valence-electron chi connectivity index (χ2n) is 4.34. The van der Waals surface area contributed by atoms with Crippen LogP contribution in [0.15, 0.2) is 16.6 Å². The van der Waals surface area contributed by atoms with Crippen molar-refractivity contribution < 1.29 is 0 Å². The number of nitrogen functional groups attached to an aromatic ring is 1. The molecule has 1 aliphatic rings. The summed E-state index contributed by atoms with van der Waals surface area (Å²) >= 11 is 3.60. The van der Waals surface area contributed by atoms with E-state index >= 15 is 0 Å². The molecule has 0 spiro atoms. The maximum Gasteiger partial charge on any atom is 0.0517 e. The van der Waals surface area contributed by atoms with Crippen LogP contribution in [0.25, 0.3) is 0 Å². The number of benzene rings is 1. The van der Waals surface area contributed by atoms with Crippen LogP contribution in [0, 0.1) is 6.92 Å². The maximum absolute atomic E-state index is 5.87. The summed E-state index contributed by atoms with van der Waals surface area (Å²) in [6.07, 6.45) is 2.58. The van der Waals surface area contributed by atoms with Gasteiger partial charge in [-0.15, -0.1) is 0 Å². The standard InChI is InChI=1S/C12H17BrN2/c1-8-6-12(10(13)7-11(8)14)15-5-3-4-9(15)2/h6-7,9H,3-5,14H2,1-2H3. The van der Waals surface area contributed by atoms with Gasteiger partial charge in [0, 0.05) is 22.7 Å². The van der Waals surface area contributed by atoms with Crippen LogP contribution in [0.3, 0.4) is 0 Å². The number of halogens is 1. The molecule has 0 radical (unpaired) electrons. The zero-order chi connectivity index (χ0) is 11.0. The van der Waals surface area contributed by atoms with Gasteiger partial charge >= 0.3 is 0 Å². The van der Waals surface area contributed by atoms with E-state index in [1.54, 1.807) is 0 Å². The van der Waals surface area contributed by atoms with E-state index in [1.807, 2.05) is 6.07 Å². The molecule has 1 saturated heterocycles. The first-order valence-corrected chi connectivity index (χ1v) is 6.21. The summed E-state index contributed by atoms with van der Waals surface area (Å²) in [5, 5.41) is 0. The molecule has 3 heteroatoms. The van der Waals surface area contributed by atoms with Gasteiger partial charge in [-0.1, -0.05) is 0 Å². The summed E-state index contributed by atoms with van der Waals surface area (Å²) in [6, 6.07) is 4.83. The van der Waals surface area contributed by atoms with E-state index in [1.165, 1.54) is 18.5 Å². The molecule has 0 bridgehead atoms. The van der Waals surface area contributed by atoms with Crippen LogP contribution in [0.5, 0.6) is 0 Å². The van der Waals surface area contributed by atoms with Crippen LogP contribution in [0.4, 0.5) is 11.4 Å². The molecular weight excluding hydrogens is 252 g/mol. The molecule has 1 unspecified atom stereocenters. The van der Waals surface area contributed by atoms with E-state index in [0.29, 0.717) is 6.04 Å². The Bertz CT molecular complexity index is 376. The summed E-state index contributed by atoms with van der Waals surface area (Å²) < 4.78 is 1.11. The van der Waals surface area contributed by atoms with Gasteiger partial charge in [-0.25, -0.2) is 0 Å². The number of nitrogens with two attached hydrogens (primary N) is 1. The molecule has 1 aliphatic heterocycles. The minimum atomic E-state index is 0.643. The summed E-state index contributed by atoms with van der Waals surface area (Å²) in [5.41, 5.74) is 9.18. The van der Waals surface area contributed by atoms with Gasteiger partial charge < -0.3 is 10.6 Å². The van der Waals surface area contributed by atoms with Crippen molar-refractivity contribution in [3.05, 3.63) is 22.2 Å². The van der Waals surface area contributed by atoms with Crippen molar-refractivity contribution in [3.8, 4) is 0 Å². The van der Waals surface area contributed by atoms with Gasteiger partial charge in [-0.2, -0.15) is 0 Å². The Morgan fingerprint density at radius 3 is 2.80 bits per heavy atom. The lowest BCUT2D eigenvalue weighted by Crippen LogP contribution is -2.26. The maximum atomic E-state index is 5.87. The van der Waals surface area contributed by atoms with Crippen molar-refractivity contribution in [2.45, 2.75) is 32.7 Å². The highest BCUT2D eigenvalue weighted by molar-refractivity contribution is 9.10. The van der Waals surface area contributed by atoms with Crippen LogP contribution < -0.4 is 10.6 Å². The molecule has 1 heterocycles. The van der Waals surface area contributed by atoms with Crippen LogP contribution in [-0.2, 0) is 0 Å². The molecule has 2 nitrogen and oxygen atoms in total. The predicted molar refractivity (Wildman–Crippen MR) is 69.3 cm³/mol. The first-order valence-electron chi connectivity index (χ1n) is 5.42. The van der Waals surface area contributed by atoms with Crippen molar-refractivity contribution in [1.29, 1.82) is 0 Å². The van der Waals surface area contributed by atoms with E-state index in [0.717, 1.165) is 22.3 Å². The van der Waals surface area contributed by atoms with E-state index < -0.39 is 0 Å². The molecule has 15 heavy (non-hydrogen) atoms. The monoisotopic (exact) mass is 268 g/mol. The average molecular weight is 269 g/mol. The molecular formula is C12H17BrN2. The minimum absolute atomic E-state index is 0.643. The van der Waals surface area contributed by atoms with Crippen molar-refractivity contribution in [2.75, 3.05) is 17.2 Å². The summed E-state index contributed by atoms with van der Waals surface area (Å²) in [4.78, 5) is 2.45. The second kappa shape index (κ2) is 4.05. The van der Waals surface area contributed by atoms with Crippen molar-refractivity contribution in [1.82, 2.24) is 0 Å². The van der Waals surface area contributed by atoms with Gasteiger partial charge in [0.15, 0.2) is 0 Å². The normalized spacial score (nSPS) is 21.0. The number of rotatable bonds is 1. The zero-order valence-electron chi connectivity index (χ0n) is 9.26. The van der Waals surface area contributed by atoms with Crippen molar-refractivity contribution >= 4 is 27.3 Å². The molecule has 0 aromatic heterocycles. The summed E-state index contributed by atoms with van der Waals surface area (Å²) in [6.45, 7) is 5.50. The van der Waals surface area contributed by atoms with E-state index in [4.69, 9.17) is 5.73 Å². The van der Waals surface area contributed by atoms with E-state index in [2.05, 4.69) is 40.7 Å². The van der Waals surface area contributed by atoms with Crippen LogP contribution >= 0.6 is 15.9 Å². The highest BCUT2D eigenvalue weighted by Gasteiger charge is 2.22.